The molecule has 0 aliphatic heterocycles. The lowest BCUT2D eigenvalue weighted by Gasteiger charge is -2.12. The summed E-state index contributed by atoms with van der Waals surface area (Å²) in [5.41, 5.74) is 3.11. The van der Waals surface area contributed by atoms with E-state index in [0.29, 0.717) is 0 Å². The minimum absolute atomic E-state index is 0.818. The van der Waals surface area contributed by atoms with Gasteiger partial charge in [0.2, 0.25) is 0 Å². The van der Waals surface area contributed by atoms with Crippen molar-refractivity contribution in [1.29, 1.82) is 0 Å². The van der Waals surface area contributed by atoms with Crippen LogP contribution in [0.1, 0.15) is 44.4 Å². The molecule has 0 bridgehead atoms. The highest BCUT2D eigenvalue weighted by Gasteiger charge is 2.15. The first kappa shape index (κ1) is 20.2. The van der Waals surface area contributed by atoms with Crippen LogP contribution in [0.2, 0.25) is 0 Å². The maximum atomic E-state index is 4.52. The molecule has 6 heteroatoms. The van der Waals surface area contributed by atoms with Crippen LogP contribution in [-0.4, -0.2) is 8.75 Å². The second kappa shape index (κ2) is 9.16. The minimum Gasteiger partial charge on any atom is -0.172 e. The van der Waals surface area contributed by atoms with Crippen molar-refractivity contribution >= 4 is 61.4 Å². The second-order valence-corrected chi connectivity index (χ2v) is 10.7. The lowest BCUT2D eigenvalue weighted by Crippen LogP contribution is -2.01. The summed E-state index contributed by atoms with van der Waals surface area (Å²) in [5.74, 6) is 0.818. The number of nitrogens with zero attached hydrogens (tertiary/aromatic N) is 2. The average Bonchev–Trinajstić information content (AvgIpc) is 3.45. The van der Waals surface area contributed by atoms with Gasteiger partial charge in [0.25, 0.3) is 0 Å². The van der Waals surface area contributed by atoms with E-state index in [0.717, 1.165) is 21.4 Å². The first-order chi connectivity index (χ1) is 13.7. The van der Waals surface area contributed by atoms with Crippen molar-refractivity contribution in [2.75, 3.05) is 0 Å². The second-order valence-electron chi connectivity index (χ2n) is 7.11. The van der Waals surface area contributed by atoms with Crippen molar-refractivity contribution in [2.24, 2.45) is 5.92 Å². The number of thiophene rings is 2. The first-order valence-electron chi connectivity index (χ1n) is 9.79. The summed E-state index contributed by atoms with van der Waals surface area (Å²) in [7, 11) is 0. The van der Waals surface area contributed by atoms with E-state index in [1.807, 2.05) is 22.7 Å². The molecule has 1 aromatic carbocycles. The standard InChI is InChI=1S/C22H23BrN2S3/c1-3-5-6-14(4-2)13-15-7-10-19(26-15)20-12-11-18(27-20)16-8-9-17(23)22-21(16)24-28-25-22/h7-12,14H,3-6,13H2,1-2H3. The molecule has 0 amide bonds. The molecular weight excluding hydrogens is 468 g/mol. The normalized spacial score (nSPS) is 12.7. The van der Waals surface area contributed by atoms with Gasteiger partial charge in [-0.15, -0.1) is 22.7 Å². The number of hydrogen-bond acceptors (Lipinski definition) is 5. The van der Waals surface area contributed by atoms with Crippen LogP contribution in [0.5, 0.6) is 0 Å². The van der Waals surface area contributed by atoms with Crippen molar-refractivity contribution < 1.29 is 0 Å². The van der Waals surface area contributed by atoms with Crippen LogP contribution >= 0.6 is 50.3 Å². The largest absolute Gasteiger partial charge is 0.172 e. The molecule has 0 N–H and O–H groups in total. The number of unbranched alkanes of at least 4 members (excludes halogenated alkanes) is 1. The quantitative estimate of drug-likeness (QED) is 0.246. The molecule has 0 aliphatic carbocycles. The van der Waals surface area contributed by atoms with E-state index in [9.17, 15) is 0 Å². The van der Waals surface area contributed by atoms with E-state index in [-0.39, 0.29) is 0 Å². The third kappa shape index (κ3) is 4.25. The summed E-state index contributed by atoms with van der Waals surface area (Å²) in [6.07, 6.45) is 6.49. The molecule has 146 valence electrons. The molecule has 0 saturated carbocycles. The number of benzene rings is 1. The molecule has 2 nitrogen and oxygen atoms in total. The molecule has 0 saturated heterocycles. The van der Waals surface area contributed by atoms with E-state index in [2.05, 4.69) is 74.9 Å². The van der Waals surface area contributed by atoms with Crippen molar-refractivity contribution in [1.82, 2.24) is 8.75 Å². The maximum absolute atomic E-state index is 4.52. The van der Waals surface area contributed by atoms with Crippen LogP contribution in [0.25, 0.3) is 31.2 Å². The fourth-order valence-corrected chi connectivity index (χ4v) is 6.84. The van der Waals surface area contributed by atoms with Crippen LogP contribution in [0.3, 0.4) is 0 Å². The Balaban J connectivity index is 1.56. The number of halogens is 1. The molecule has 0 fully saturated rings. The van der Waals surface area contributed by atoms with Crippen molar-refractivity contribution in [3.63, 3.8) is 0 Å². The zero-order chi connectivity index (χ0) is 19.5. The number of rotatable bonds is 8. The van der Waals surface area contributed by atoms with Crippen LogP contribution < -0.4 is 0 Å². The Bertz CT molecular complexity index is 1060. The summed E-state index contributed by atoms with van der Waals surface area (Å²) < 4.78 is 9.95. The molecule has 1 atom stereocenters. The Kier molecular flexibility index (Phi) is 6.61. The lowest BCUT2D eigenvalue weighted by atomic mass is 9.95. The fraction of sp³-hybridized carbons (Fsp3) is 0.364. The minimum atomic E-state index is 0.818. The molecule has 4 aromatic rings. The van der Waals surface area contributed by atoms with Gasteiger partial charge in [0, 0.05) is 29.5 Å². The molecule has 3 heterocycles. The first-order valence-corrected chi connectivity index (χ1v) is 12.9. The van der Waals surface area contributed by atoms with E-state index in [4.69, 9.17) is 0 Å². The summed E-state index contributed by atoms with van der Waals surface area (Å²) in [5, 5.41) is 0. The number of fused-ring (bicyclic) bond motifs is 1. The van der Waals surface area contributed by atoms with Gasteiger partial charge in [-0.1, -0.05) is 45.6 Å². The smallest absolute Gasteiger partial charge is 0.119 e. The van der Waals surface area contributed by atoms with E-state index in [1.54, 1.807) is 0 Å². The van der Waals surface area contributed by atoms with Crippen LogP contribution in [-0.2, 0) is 6.42 Å². The number of hydrogen-bond donors (Lipinski definition) is 0. The van der Waals surface area contributed by atoms with Gasteiger partial charge in [-0.2, -0.15) is 8.75 Å². The molecule has 4 rings (SSSR count). The van der Waals surface area contributed by atoms with E-state index < -0.39 is 0 Å². The molecule has 0 radical (unpaired) electrons. The monoisotopic (exact) mass is 490 g/mol. The van der Waals surface area contributed by atoms with Crippen LogP contribution in [0.15, 0.2) is 40.9 Å². The summed E-state index contributed by atoms with van der Waals surface area (Å²) in [4.78, 5) is 5.49. The van der Waals surface area contributed by atoms with Gasteiger partial charge in [-0.3, -0.25) is 0 Å². The Labute approximate surface area is 187 Å². The van der Waals surface area contributed by atoms with Crippen molar-refractivity contribution in [3.8, 4) is 20.2 Å². The van der Waals surface area contributed by atoms with Gasteiger partial charge in [-0.05, 0) is 58.6 Å². The average molecular weight is 492 g/mol. The molecular formula is C22H23BrN2S3. The topological polar surface area (TPSA) is 25.8 Å². The molecule has 28 heavy (non-hydrogen) atoms. The Morgan fingerprint density at radius 1 is 0.893 bits per heavy atom. The third-order valence-electron chi connectivity index (χ3n) is 5.18. The highest BCUT2D eigenvalue weighted by Crippen LogP contribution is 2.41. The predicted molar refractivity (Wildman–Crippen MR) is 129 cm³/mol. The maximum Gasteiger partial charge on any atom is 0.119 e. The zero-order valence-corrected chi connectivity index (χ0v) is 20.1. The summed E-state index contributed by atoms with van der Waals surface area (Å²) in [6, 6.07) is 13.3. The van der Waals surface area contributed by atoms with Crippen LogP contribution in [0, 0.1) is 5.92 Å². The highest BCUT2D eigenvalue weighted by molar-refractivity contribution is 9.10. The summed E-state index contributed by atoms with van der Waals surface area (Å²) in [6.45, 7) is 4.61. The zero-order valence-electron chi connectivity index (χ0n) is 16.1. The van der Waals surface area contributed by atoms with Crippen molar-refractivity contribution in [3.05, 3.63) is 45.7 Å². The Hall–Kier alpha value is -1.08. The van der Waals surface area contributed by atoms with Gasteiger partial charge in [0.15, 0.2) is 0 Å². The molecule has 3 aromatic heterocycles. The van der Waals surface area contributed by atoms with Gasteiger partial charge >= 0.3 is 0 Å². The van der Waals surface area contributed by atoms with E-state index in [1.165, 1.54) is 68.9 Å². The van der Waals surface area contributed by atoms with Gasteiger partial charge < -0.3 is 0 Å². The van der Waals surface area contributed by atoms with Gasteiger partial charge in [-0.25, -0.2) is 0 Å². The van der Waals surface area contributed by atoms with Gasteiger partial charge in [0.05, 0.1) is 11.7 Å². The SMILES string of the molecule is CCCCC(CC)Cc1ccc(-c2ccc(-c3ccc(Br)c4nsnc34)s2)s1. The summed E-state index contributed by atoms with van der Waals surface area (Å²) >= 11 is 8.65. The fourth-order valence-electron chi connectivity index (χ4n) is 3.50. The predicted octanol–water partition coefficient (Wildman–Crippen LogP) is 8.67. The van der Waals surface area contributed by atoms with E-state index >= 15 is 0 Å². The van der Waals surface area contributed by atoms with Crippen molar-refractivity contribution in [2.45, 2.75) is 46.0 Å². The lowest BCUT2D eigenvalue weighted by molar-refractivity contribution is 0.452. The van der Waals surface area contributed by atoms with Crippen LogP contribution in [0.4, 0.5) is 0 Å². The Morgan fingerprint density at radius 2 is 1.64 bits per heavy atom. The third-order valence-corrected chi connectivity index (χ3v) is 8.77. The number of aromatic nitrogens is 2. The molecule has 0 spiro atoms. The molecule has 0 aliphatic rings. The van der Waals surface area contributed by atoms with Gasteiger partial charge in [0.1, 0.15) is 11.0 Å². The highest BCUT2D eigenvalue weighted by atomic mass is 79.9. The molecule has 1 unspecified atom stereocenters. The Morgan fingerprint density at radius 3 is 2.46 bits per heavy atom.